The lowest BCUT2D eigenvalue weighted by Gasteiger charge is -2.15. The van der Waals surface area contributed by atoms with Gasteiger partial charge in [-0.1, -0.05) is 0 Å². The summed E-state index contributed by atoms with van der Waals surface area (Å²) in [5, 5.41) is 0. The van der Waals surface area contributed by atoms with Crippen LogP contribution in [0.3, 0.4) is 0 Å². The molecule has 1 aliphatic heterocycles. The maximum absolute atomic E-state index is 5.76. The molecular formula is C15H22N4O. The minimum absolute atomic E-state index is 0.629. The number of methoxy groups -OCH3 is 1. The summed E-state index contributed by atoms with van der Waals surface area (Å²) in [7, 11) is 1.68. The van der Waals surface area contributed by atoms with Crippen LogP contribution in [0.2, 0.25) is 0 Å². The Labute approximate surface area is 119 Å². The van der Waals surface area contributed by atoms with Crippen LogP contribution in [0.4, 0.5) is 0 Å². The van der Waals surface area contributed by atoms with E-state index in [1.54, 1.807) is 7.11 Å². The van der Waals surface area contributed by atoms with Gasteiger partial charge in [0.15, 0.2) is 0 Å². The first kappa shape index (κ1) is 13.4. The van der Waals surface area contributed by atoms with E-state index in [1.807, 2.05) is 12.1 Å². The first-order chi connectivity index (χ1) is 9.81. The minimum Gasteiger partial charge on any atom is -0.497 e. The van der Waals surface area contributed by atoms with Gasteiger partial charge in [0.2, 0.25) is 0 Å². The van der Waals surface area contributed by atoms with E-state index in [1.165, 1.54) is 25.9 Å². The molecule has 0 saturated carbocycles. The van der Waals surface area contributed by atoms with E-state index in [0.717, 1.165) is 35.7 Å². The second kappa shape index (κ2) is 5.81. The molecule has 0 spiro atoms. The maximum atomic E-state index is 5.76. The molecule has 1 aromatic carbocycles. The summed E-state index contributed by atoms with van der Waals surface area (Å²) < 4.78 is 7.52. The highest BCUT2D eigenvalue weighted by Gasteiger charge is 2.17. The Balaban J connectivity index is 1.97. The highest BCUT2D eigenvalue weighted by Crippen LogP contribution is 2.23. The van der Waals surface area contributed by atoms with Gasteiger partial charge >= 0.3 is 0 Å². The zero-order valence-corrected chi connectivity index (χ0v) is 12.0. The highest BCUT2D eigenvalue weighted by molar-refractivity contribution is 5.77. The smallest absolute Gasteiger partial charge is 0.124 e. The van der Waals surface area contributed by atoms with Crippen LogP contribution in [0.1, 0.15) is 18.7 Å². The number of nitrogens with zero attached hydrogens (tertiary/aromatic N) is 3. The SMILES string of the molecule is COc1ccc2c(c1)nc(CN1CCCC1)n2CCN. The molecule has 20 heavy (non-hydrogen) atoms. The Kier molecular flexibility index (Phi) is 3.89. The zero-order chi connectivity index (χ0) is 13.9. The van der Waals surface area contributed by atoms with Crippen molar-refractivity contribution in [2.24, 2.45) is 5.73 Å². The molecule has 2 N–H and O–H groups in total. The molecule has 0 unspecified atom stereocenters. The van der Waals surface area contributed by atoms with Crippen LogP contribution in [0, 0.1) is 0 Å². The summed E-state index contributed by atoms with van der Waals surface area (Å²) in [6, 6.07) is 6.05. The van der Waals surface area contributed by atoms with Gasteiger partial charge in [-0.25, -0.2) is 4.98 Å². The molecule has 2 aromatic rings. The number of nitrogens with two attached hydrogens (primary N) is 1. The standard InChI is InChI=1S/C15H22N4O/c1-20-12-4-5-14-13(10-12)17-15(19(14)9-6-16)11-18-7-2-3-8-18/h4-5,10H,2-3,6-9,11,16H2,1H3. The summed E-state index contributed by atoms with van der Waals surface area (Å²) in [4.78, 5) is 7.25. The summed E-state index contributed by atoms with van der Waals surface area (Å²) in [6.07, 6.45) is 2.59. The van der Waals surface area contributed by atoms with Crippen LogP contribution in [-0.2, 0) is 13.1 Å². The number of imidazole rings is 1. The van der Waals surface area contributed by atoms with E-state index < -0.39 is 0 Å². The predicted octanol–water partition coefficient (Wildman–Crippen LogP) is 1.60. The Morgan fingerprint density at radius 2 is 2.10 bits per heavy atom. The second-order valence-corrected chi connectivity index (χ2v) is 5.31. The van der Waals surface area contributed by atoms with Crippen molar-refractivity contribution >= 4 is 11.0 Å². The summed E-state index contributed by atoms with van der Waals surface area (Å²) >= 11 is 0. The van der Waals surface area contributed by atoms with Crippen molar-refractivity contribution in [1.29, 1.82) is 0 Å². The van der Waals surface area contributed by atoms with Gasteiger partial charge in [-0.2, -0.15) is 0 Å². The number of hydrogen-bond donors (Lipinski definition) is 1. The quantitative estimate of drug-likeness (QED) is 0.900. The zero-order valence-electron chi connectivity index (χ0n) is 12.0. The minimum atomic E-state index is 0.629. The number of fused-ring (bicyclic) bond motifs is 1. The van der Waals surface area contributed by atoms with Crippen LogP contribution >= 0.6 is 0 Å². The van der Waals surface area contributed by atoms with Gasteiger partial charge in [0, 0.05) is 19.2 Å². The van der Waals surface area contributed by atoms with Crippen LogP contribution in [-0.4, -0.2) is 41.2 Å². The van der Waals surface area contributed by atoms with Crippen molar-refractivity contribution in [2.75, 3.05) is 26.7 Å². The molecule has 108 valence electrons. The fraction of sp³-hybridized carbons (Fsp3) is 0.533. The molecule has 1 saturated heterocycles. The van der Waals surface area contributed by atoms with Crippen molar-refractivity contribution < 1.29 is 4.74 Å². The van der Waals surface area contributed by atoms with Gasteiger partial charge < -0.3 is 15.0 Å². The molecular weight excluding hydrogens is 252 g/mol. The highest BCUT2D eigenvalue weighted by atomic mass is 16.5. The number of rotatable bonds is 5. The largest absolute Gasteiger partial charge is 0.497 e. The van der Waals surface area contributed by atoms with Gasteiger partial charge in [-0.3, -0.25) is 4.90 Å². The van der Waals surface area contributed by atoms with Crippen LogP contribution in [0.25, 0.3) is 11.0 Å². The fourth-order valence-electron chi connectivity index (χ4n) is 2.93. The van der Waals surface area contributed by atoms with Crippen molar-refractivity contribution in [1.82, 2.24) is 14.5 Å². The molecule has 1 fully saturated rings. The van der Waals surface area contributed by atoms with Crippen molar-refractivity contribution in [3.8, 4) is 5.75 Å². The summed E-state index contributed by atoms with van der Waals surface area (Å²) in [6.45, 7) is 4.71. The molecule has 0 bridgehead atoms. The summed E-state index contributed by atoms with van der Waals surface area (Å²) in [5.41, 5.74) is 7.89. The molecule has 5 heteroatoms. The molecule has 0 amide bonds. The topological polar surface area (TPSA) is 56.3 Å². The average Bonchev–Trinajstić information content (AvgIpc) is 3.08. The first-order valence-electron chi connectivity index (χ1n) is 7.27. The van der Waals surface area contributed by atoms with Gasteiger partial charge in [0.25, 0.3) is 0 Å². The van der Waals surface area contributed by atoms with E-state index in [4.69, 9.17) is 15.5 Å². The number of likely N-dealkylation sites (tertiary alicyclic amines) is 1. The van der Waals surface area contributed by atoms with Gasteiger partial charge in [-0.15, -0.1) is 0 Å². The Hall–Kier alpha value is -1.59. The molecule has 5 nitrogen and oxygen atoms in total. The number of hydrogen-bond acceptors (Lipinski definition) is 4. The summed E-state index contributed by atoms with van der Waals surface area (Å²) in [5.74, 6) is 1.96. The van der Waals surface area contributed by atoms with Crippen molar-refractivity contribution in [2.45, 2.75) is 25.9 Å². The molecule has 1 aliphatic rings. The van der Waals surface area contributed by atoms with Crippen LogP contribution in [0.5, 0.6) is 5.75 Å². The van der Waals surface area contributed by atoms with Crippen LogP contribution in [0.15, 0.2) is 18.2 Å². The second-order valence-electron chi connectivity index (χ2n) is 5.31. The molecule has 0 atom stereocenters. The lowest BCUT2D eigenvalue weighted by atomic mass is 10.3. The number of benzene rings is 1. The third kappa shape index (κ3) is 2.51. The lowest BCUT2D eigenvalue weighted by molar-refractivity contribution is 0.317. The van der Waals surface area contributed by atoms with Crippen molar-refractivity contribution in [3.05, 3.63) is 24.0 Å². The first-order valence-corrected chi connectivity index (χ1v) is 7.27. The molecule has 3 rings (SSSR count). The lowest BCUT2D eigenvalue weighted by Crippen LogP contribution is -2.22. The monoisotopic (exact) mass is 274 g/mol. The normalized spacial score (nSPS) is 16.1. The molecule has 1 aromatic heterocycles. The number of ether oxygens (including phenoxy) is 1. The Morgan fingerprint density at radius 3 is 2.80 bits per heavy atom. The molecule has 2 heterocycles. The van der Waals surface area contributed by atoms with Crippen LogP contribution < -0.4 is 10.5 Å². The van der Waals surface area contributed by atoms with E-state index in [0.29, 0.717) is 6.54 Å². The van der Waals surface area contributed by atoms with E-state index in [9.17, 15) is 0 Å². The third-order valence-electron chi connectivity index (χ3n) is 3.95. The number of aromatic nitrogens is 2. The molecule has 0 radical (unpaired) electrons. The van der Waals surface area contributed by atoms with Crippen molar-refractivity contribution in [3.63, 3.8) is 0 Å². The molecule has 0 aliphatic carbocycles. The predicted molar refractivity (Wildman–Crippen MR) is 79.9 cm³/mol. The van der Waals surface area contributed by atoms with E-state index in [2.05, 4.69) is 15.5 Å². The maximum Gasteiger partial charge on any atom is 0.124 e. The Bertz CT molecular complexity index is 587. The van der Waals surface area contributed by atoms with E-state index in [-0.39, 0.29) is 0 Å². The van der Waals surface area contributed by atoms with Gasteiger partial charge in [0.1, 0.15) is 11.6 Å². The van der Waals surface area contributed by atoms with Gasteiger partial charge in [-0.05, 0) is 38.1 Å². The van der Waals surface area contributed by atoms with Gasteiger partial charge in [0.05, 0.1) is 24.7 Å². The Morgan fingerprint density at radius 1 is 1.30 bits per heavy atom. The van der Waals surface area contributed by atoms with E-state index >= 15 is 0 Å². The average molecular weight is 274 g/mol. The third-order valence-corrected chi connectivity index (χ3v) is 3.95. The fourth-order valence-corrected chi connectivity index (χ4v) is 2.93.